The van der Waals surface area contributed by atoms with Gasteiger partial charge in [-0.25, -0.2) is 4.79 Å². The molecule has 0 saturated carbocycles. The summed E-state index contributed by atoms with van der Waals surface area (Å²) < 4.78 is 0.569. The lowest BCUT2D eigenvalue weighted by atomic mass is 10.1. The van der Waals surface area contributed by atoms with Crippen molar-refractivity contribution >= 4 is 21.9 Å². The Kier molecular flexibility index (Phi) is 3.62. The summed E-state index contributed by atoms with van der Waals surface area (Å²) in [5.74, 6) is -0.959. The Balaban J connectivity index is 2.24. The predicted octanol–water partition coefficient (Wildman–Crippen LogP) is 4.81. The normalized spacial score (nSPS) is 10.5. The lowest BCUT2D eigenvalue weighted by Gasteiger charge is -2.00. The molecule has 21 heavy (non-hydrogen) atoms. The number of H-pyrrole nitrogens is 1. The van der Waals surface area contributed by atoms with E-state index in [2.05, 4.69) is 20.9 Å². The third-order valence-electron chi connectivity index (χ3n) is 3.28. The molecule has 0 amide bonds. The van der Waals surface area contributed by atoms with Crippen LogP contribution in [0.3, 0.4) is 0 Å². The first-order valence-corrected chi connectivity index (χ1v) is 7.23. The lowest BCUT2D eigenvalue weighted by molar-refractivity contribution is 0.0697. The number of benzene rings is 2. The molecular weight excluding hydrogens is 330 g/mol. The van der Waals surface area contributed by atoms with Gasteiger partial charge in [0.1, 0.15) is 0 Å². The van der Waals surface area contributed by atoms with E-state index in [0.29, 0.717) is 10.2 Å². The maximum atomic E-state index is 11.6. The van der Waals surface area contributed by atoms with Crippen molar-refractivity contribution in [2.45, 2.75) is 0 Å². The van der Waals surface area contributed by atoms with Crippen molar-refractivity contribution in [2.24, 2.45) is 0 Å². The van der Waals surface area contributed by atoms with Gasteiger partial charge in [0.2, 0.25) is 0 Å². The van der Waals surface area contributed by atoms with Crippen molar-refractivity contribution in [2.75, 3.05) is 0 Å². The Morgan fingerprint density at radius 3 is 1.81 bits per heavy atom. The van der Waals surface area contributed by atoms with E-state index in [4.69, 9.17) is 0 Å². The van der Waals surface area contributed by atoms with Crippen LogP contribution in [0.1, 0.15) is 10.4 Å². The van der Waals surface area contributed by atoms with E-state index < -0.39 is 5.97 Å². The quantitative estimate of drug-likeness (QED) is 0.718. The Morgan fingerprint density at radius 1 is 0.857 bits per heavy atom. The minimum absolute atomic E-state index is 0.250. The number of carboxylic acid groups (broad SMARTS) is 1. The summed E-state index contributed by atoms with van der Waals surface area (Å²) in [4.78, 5) is 14.8. The van der Waals surface area contributed by atoms with E-state index >= 15 is 0 Å². The van der Waals surface area contributed by atoms with E-state index in [1.165, 1.54) is 0 Å². The zero-order valence-electron chi connectivity index (χ0n) is 11.0. The Bertz CT molecular complexity index is 779. The van der Waals surface area contributed by atoms with Crippen molar-refractivity contribution in [1.29, 1.82) is 0 Å². The van der Waals surface area contributed by atoms with Crippen LogP contribution in [0, 0.1) is 0 Å². The summed E-state index contributed by atoms with van der Waals surface area (Å²) >= 11 is 3.42. The number of carboxylic acids is 1. The third-order valence-corrected chi connectivity index (χ3v) is 4.07. The molecule has 0 aliphatic heterocycles. The van der Waals surface area contributed by atoms with Gasteiger partial charge in [0.15, 0.2) is 0 Å². The highest BCUT2D eigenvalue weighted by molar-refractivity contribution is 9.10. The monoisotopic (exact) mass is 341 g/mol. The first-order chi connectivity index (χ1) is 10.2. The fourth-order valence-corrected chi connectivity index (χ4v) is 3.00. The van der Waals surface area contributed by atoms with Crippen molar-refractivity contribution < 1.29 is 9.90 Å². The van der Waals surface area contributed by atoms with Gasteiger partial charge in [0.05, 0.1) is 21.4 Å². The van der Waals surface area contributed by atoms with Crippen LogP contribution in [0.25, 0.3) is 22.5 Å². The van der Waals surface area contributed by atoms with Gasteiger partial charge < -0.3 is 10.1 Å². The van der Waals surface area contributed by atoms with Gasteiger partial charge in [0.25, 0.3) is 0 Å². The maximum Gasteiger partial charge on any atom is 0.339 e. The van der Waals surface area contributed by atoms with Crippen LogP contribution in [-0.2, 0) is 0 Å². The molecule has 2 N–H and O–H groups in total. The molecule has 1 aromatic heterocycles. The van der Waals surface area contributed by atoms with E-state index in [1.807, 2.05) is 60.7 Å². The smallest absolute Gasteiger partial charge is 0.339 e. The second-order valence-electron chi connectivity index (χ2n) is 4.60. The van der Waals surface area contributed by atoms with Crippen LogP contribution in [0.2, 0.25) is 0 Å². The summed E-state index contributed by atoms with van der Waals surface area (Å²) in [6, 6.07) is 19.1. The first-order valence-electron chi connectivity index (χ1n) is 6.44. The van der Waals surface area contributed by atoms with Crippen molar-refractivity contribution in [1.82, 2.24) is 4.98 Å². The summed E-state index contributed by atoms with van der Waals surface area (Å²) in [5.41, 5.74) is 3.41. The number of halogens is 1. The van der Waals surface area contributed by atoms with Crippen LogP contribution >= 0.6 is 15.9 Å². The number of hydrogen-bond donors (Lipinski definition) is 2. The van der Waals surface area contributed by atoms with Gasteiger partial charge in [-0.2, -0.15) is 0 Å². The lowest BCUT2D eigenvalue weighted by Crippen LogP contribution is -1.97. The summed E-state index contributed by atoms with van der Waals surface area (Å²) in [5, 5.41) is 9.52. The molecule has 4 heteroatoms. The van der Waals surface area contributed by atoms with Gasteiger partial charge in [-0.15, -0.1) is 0 Å². The van der Waals surface area contributed by atoms with Crippen LogP contribution < -0.4 is 0 Å². The summed E-state index contributed by atoms with van der Waals surface area (Å²) in [7, 11) is 0. The molecule has 3 aromatic rings. The average molecular weight is 342 g/mol. The molecule has 0 atom stereocenters. The second-order valence-corrected chi connectivity index (χ2v) is 5.39. The molecule has 0 unspecified atom stereocenters. The number of carbonyl (C=O) groups is 1. The van der Waals surface area contributed by atoms with Crippen LogP contribution in [0.4, 0.5) is 0 Å². The molecule has 0 saturated heterocycles. The molecule has 0 aliphatic rings. The van der Waals surface area contributed by atoms with Crippen molar-refractivity contribution in [3.8, 4) is 22.5 Å². The highest BCUT2D eigenvalue weighted by atomic mass is 79.9. The standard InChI is InChI=1S/C17H12BrNO2/c18-14-13(17(20)21)15(11-7-3-1-4-8-11)19-16(14)12-9-5-2-6-10-12/h1-10,19H,(H,20,21). The topological polar surface area (TPSA) is 53.1 Å². The Hall–Kier alpha value is -2.33. The largest absolute Gasteiger partial charge is 0.478 e. The van der Waals surface area contributed by atoms with E-state index in [9.17, 15) is 9.90 Å². The van der Waals surface area contributed by atoms with Crippen LogP contribution in [0.5, 0.6) is 0 Å². The molecule has 3 nitrogen and oxygen atoms in total. The molecule has 0 spiro atoms. The van der Waals surface area contributed by atoms with Gasteiger partial charge in [0, 0.05) is 0 Å². The number of hydrogen-bond acceptors (Lipinski definition) is 1. The van der Waals surface area contributed by atoms with Crippen molar-refractivity contribution in [3.63, 3.8) is 0 Å². The zero-order valence-corrected chi connectivity index (χ0v) is 12.6. The molecule has 0 radical (unpaired) electrons. The fraction of sp³-hybridized carbons (Fsp3) is 0. The fourth-order valence-electron chi connectivity index (χ4n) is 2.30. The molecule has 1 heterocycles. The third kappa shape index (κ3) is 2.50. The molecule has 0 bridgehead atoms. The predicted molar refractivity (Wildman–Crippen MR) is 86.3 cm³/mol. The second kappa shape index (κ2) is 5.58. The number of rotatable bonds is 3. The summed E-state index contributed by atoms with van der Waals surface area (Å²) in [6.07, 6.45) is 0. The Morgan fingerprint density at radius 2 is 1.33 bits per heavy atom. The van der Waals surface area contributed by atoms with Gasteiger partial charge in [-0.05, 0) is 27.1 Å². The molecule has 2 aromatic carbocycles. The minimum atomic E-state index is -0.959. The van der Waals surface area contributed by atoms with E-state index in [1.54, 1.807) is 0 Å². The van der Waals surface area contributed by atoms with Crippen LogP contribution in [-0.4, -0.2) is 16.1 Å². The minimum Gasteiger partial charge on any atom is -0.478 e. The van der Waals surface area contributed by atoms with Crippen molar-refractivity contribution in [3.05, 3.63) is 70.7 Å². The molecule has 0 aliphatic carbocycles. The summed E-state index contributed by atoms with van der Waals surface area (Å²) in [6.45, 7) is 0. The van der Waals surface area contributed by atoms with Crippen LogP contribution in [0.15, 0.2) is 65.1 Å². The molecule has 0 fully saturated rings. The average Bonchev–Trinajstić information content (AvgIpc) is 2.87. The molecular formula is C17H12BrNO2. The number of nitrogens with one attached hydrogen (secondary N) is 1. The number of aromatic nitrogens is 1. The molecule has 3 rings (SSSR count). The first kappa shape index (κ1) is 13.6. The van der Waals surface area contributed by atoms with Gasteiger partial charge in [-0.1, -0.05) is 60.7 Å². The Labute approximate surface area is 130 Å². The number of aromatic amines is 1. The number of aromatic carboxylic acids is 1. The SMILES string of the molecule is O=C(O)c1c(-c2ccccc2)[nH]c(-c2ccccc2)c1Br. The highest BCUT2D eigenvalue weighted by Crippen LogP contribution is 2.37. The maximum absolute atomic E-state index is 11.6. The van der Waals surface area contributed by atoms with E-state index in [-0.39, 0.29) is 5.56 Å². The molecule has 104 valence electrons. The van der Waals surface area contributed by atoms with Gasteiger partial charge >= 0.3 is 5.97 Å². The highest BCUT2D eigenvalue weighted by Gasteiger charge is 2.22. The zero-order chi connectivity index (χ0) is 14.8. The van der Waals surface area contributed by atoms with Gasteiger partial charge in [-0.3, -0.25) is 0 Å². The van der Waals surface area contributed by atoms with E-state index in [0.717, 1.165) is 16.8 Å².